The highest BCUT2D eigenvalue weighted by Crippen LogP contribution is 2.25. The van der Waals surface area contributed by atoms with Crippen LogP contribution in [-0.4, -0.2) is 31.1 Å². The minimum absolute atomic E-state index is 0.0167. The van der Waals surface area contributed by atoms with Crippen molar-refractivity contribution in [3.05, 3.63) is 29.8 Å². The predicted molar refractivity (Wildman–Crippen MR) is 82.9 cm³/mol. The van der Waals surface area contributed by atoms with Crippen molar-refractivity contribution < 1.29 is 13.2 Å². The number of hydrogen-bond acceptors (Lipinski definition) is 3. The van der Waals surface area contributed by atoms with Gasteiger partial charge in [-0.05, 0) is 31.9 Å². The van der Waals surface area contributed by atoms with Crippen LogP contribution < -0.4 is 0 Å². The number of Topliss-reactive ketones (excluding diaryl/α,β-unsaturated/α-hetero) is 1. The van der Waals surface area contributed by atoms with E-state index < -0.39 is 10.0 Å². The predicted octanol–water partition coefficient (Wildman–Crippen LogP) is 3.23. The van der Waals surface area contributed by atoms with Gasteiger partial charge in [0.2, 0.25) is 10.0 Å². The van der Waals surface area contributed by atoms with Gasteiger partial charge in [-0.2, -0.15) is 4.31 Å². The Kier molecular flexibility index (Phi) is 5.17. The highest BCUT2D eigenvalue weighted by Gasteiger charge is 2.30. The Hall–Kier alpha value is -1.20. The number of rotatable bonds is 4. The number of sulfonamides is 1. The van der Waals surface area contributed by atoms with Crippen LogP contribution in [0.4, 0.5) is 0 Å². The molecule has 0 N–H and O–H groups in total. The summed E-state index contributed by atoms with van der Waals surface area (Å²) in [7, 11) is -3.52. The maximum atomic E-state index is 12.8. The lowest BCUT2D eigenvalue weighted by Crippen LogP contribution is -2.38. The third-order valence-corrected chi connectivity index (χ3v) is 6.09. The molecular formula is C16H23NO3S. The van der Waals surface area contributed by atoms with E-state index in [-0.39, 0.29) is 16.7 Å². The summed E-state index contributed by atoms with van der Waals surface area (Å²) in [5.41, 5.74) is 0.473. The van der Waals surface area contributed by atoms with Gasteiger partial charge in [-0.1, -0.05) is 31.9 Å². The van der Waals surface area contributed by atoms with Gasteiger partial charge in [0.15, 0.2) is 5.78 Å². The molecule has 0 amide bonds. The minimum Gasteiger partial charge on any atom is -0.294 e. The van der Waals surface area contributed by atoms with Crippen molar-refractivity contribution in [1.82, 2.24) is 4.31 Å². The van der Waals surface area contributed by atoms with Crippen LogP contribution in [-0.2, 0) is 10.0 Å². The van der Waals surface area contributed by atoms with E-state index in [1.54, 1.807) is 29.4 Å². The van der Waals surface area contributed by atoms with Crippen molar-refractivity contribution in [2.75, 3.05) is 6.54 Å². The number of benzene rings is 1. The standard InChI is InChI=1S/C16H23NO3S/c1-3-16(18)14-9-7-10-15(12-14)21(19,20)17-11-6-4-5-8-13(17)2/h7,9-10,12-13H,3-6,8,11H2,1-2H3. The second-order valence-corrected chi connectivity index (χ2v) is 7.51. The molecule has 0 aliphatic carbocycles. The quantitative estimate of drug-likeness (QED) is 0.802. The number of hydrogen-bond donors (Lipinski definition) is 0. The lowest BCUT2D eigenvalue weighted by molar-refractivity contribution is 0.0988. The van der Waals surface area contributed by atoms with Crippen molar-refractivity contribution in [1.29, 1.82) is 0 Å². The van der Waals surface area contributed by atoms with Gasteiger partial charge in [-0.3, -0.25) is 4.79 Å². The zero-order valence-corrected chi connectivity index (χ0v) is 13.5. The lowest BCUT2D eigenvalue weighted by Gasteiger charge is -2.26. The molecule has 1 aliphatic rings. The summed E-state index contributed by atoms with van der Waals surface area (Å²) in [6.07, 6.45) is 4.32. The molecule has 1 atom stereocenters. The Bertz CT molecular complexity index is 610. The zero-order valence-electron chi connectivity index (χ0n) is 12.7. The van der Waals surface area contributed by atoms with Crippen molar-refractivity contribution in [3.63, 3.8) is 0 Å². The third-order valence-electron chi connectivity index (χ3n) is 4.08. The fourth-order valence-electron chi connectivity index (χ4n) is 2.78. The maximum Gasteiger partial charge on any atom is 0.243 e. The molecule has 21 heavy (non-hydrogen) atoms. The average molecular weight is 309 g/mol. The summed E-state index contributed by atoms with van der Waals surface area (Å²) in [5, 5.41) is 0. The van der Waals surface area contributed by atoms with Crippen molar-refractivity contribution >= 4 is 15.8 Å². The second-order valence-electron chi connectivity index (χ2n) is 5.62. The topological polar surface area (TPSA) is 54.5 Å². The Morgan fingerprint density at radius 3 is 2.76 bits per heavy atom. The molecule has 1 aliphatic heterocycles. The van der Waals surface area contributed by atoms with Gasteiger partial charge in [0.05, 0.1) is 4.90 Å². The minimum atomic E-state index is -3.52. The third kappa shape index (κ3) is 3.52. The Balaban J connectivity index is 2.36. The summed E-state index contributed by atoms with van der Waals surface area (Å²) in [4.78, 5) is 12.0. The van der Waals surface area contributed by atoms with Crippen LogP contribution >= 0.6 is 0 Å². The van der Waals surface area contributed by atoms with Crippen LogP contribution in [0.25, 0.3) is 0 Å². The van der Waals surface area contributed by atoms with Crippen LogP contribution in [0.5, 0.6) is 0 Å². The lowest BCUT2D eigenvalue weighted by atomic mass is 10.1. The summed E-state index contributed by atoms with van der Waals surface area (Å²) < 4.78 is 27.2. The fraction of sp³-hybridized carbons (Fsp3) is 0.562. The van der Waals surface area contributed by atoms with E-state index in [4.69, 9.17) is 0 Å². The highest BCUT2D eigenvalue weighted by atomic mass is 32.2. The van der Waals surface area contributed by atoms with Crippen LogP contribution in [0.15, 0.2) is 29.2 Å². The maximum absolute atomic E-state index is 12.8. The first kappa shape index (κ1) is 16.2. The number of carbonyl (C=O) groups is 1. The van der Waals surface area contributed by atoms with Gasteiger partial charge < -0.3 is 0 Å². The average Bonchev–Trinajstić information content (AvgIpc) is 2.71. The van der Waals surface area contributed by atoms with Gasteiger partial charge in [-0.15, -0.1) is 0 Å². The molecule has 2 rings (SSSR count). The molecule has 1 aromatic rings. The summed E-state index contributed by atoms with van der Waals surface area (Å²) in [5.74, 6) is -0.0315. The van der Waals surface area contributed by atoms with E-state index in [0.29, 0.717) is 18.5 Å². The zero-order chi connectivity index (χ0) is 15.5. The molecule has 0 spiro atoms. The van der Waals surface area contributed by atoms with Crippen molar-refractivity contribution in [2.24, 2.45) is 0 Å². The monoisotopic (exact) mass is 309 g/mol. The van der Waals surface area contributed by atoms with E-state index in [2.05, 4.69) is 0 Å². The summed E-state index contributed by atoms with van der Waals surface area (Å²) in [6.45, 7) is 4.31. The summed E-state index contributed by atoms with van der Waals surface area (Å²) in [6, 6.07) is 6.44. The molecule has 1 aromatic carbocycles. The van der Waals surface area contributed by atoms with E-state index in [9.17, 15) is 13.2 Å². The largest absolute Gasteiger partial charge is 0.294 e. The molecule has 5 heteroatoms. The molecule has 116 valence electrons. The van der Waals surface area contributed by atoms with E-state index in [0.717, 1.165) is 25.7 Å². The smallest absolute Gasteiger partial charge is 0.243 e. The van der Waals surface area contributed by atoms with Crippen LogP contribution in [0, 0.1) is 0 Å². The Morgan fingerprint density at radius 2 is 2.05 bits per heavy atom. The Labute approximate surface area is 127 Å². The van der Waals surface area contributed by atoms with Gasteiger partial charge in [-0.25, -0.2) is 8.42 Å². The van der Waals surface area contributed by atoms with Gasteiger partial charge in [0, 0.05) is 24.6 Å². The number of nitrogens with zero attached hydrogens (tertiary/aromatic N) is 1. The molecule has 4 nitrogen and oxygen atoms in total. The molecule has 0 aromatic heterocycles. The molecule has 0 radical (unpaired) electrons. The first-order valence-electron chi connectivity index (χ1n) is 7.62. The molecule has 1 saturated heterocycles. The highest BCUT2D eigenvalue weighted by molar-refractivity contribution is 7.89. The molecule has 0 bridgehead atoms. The first-order valence-corrected chi connectivity index (χ1v) is 9.06. The van der Waals surface area contributed by atoms with Gasteiger partial charge in [0.25, 0.3) is 0 Å². The van der Waals surface area contributed by atoms with Gasteiger partial charge >= 0.3 is 0 Å². The molecule has 0 saturated carbocycles. The molecule has 1 unspecified atom stereocenters. The van der Waals surface area contributed by atoms with Crippen LogP contribution in [0.1, 0.15) is 56.3 Å². The SMILES string of the molecule is CCC(=O)c1cccc(S(=O)(=O)N2CCCCCC2C)c1. The van der Waals surface area contributed by atoms with Crippen LogP contribution in [0.2, 0.25) is 0 Å². The normalized spacial score (nSPS) is 21.0. The Morgan fingerprint density at radius 1 is 1.29 bits per heavy atom. The molecule has 1 heterocycles. The van der Waals surface area contributed by atoms with E-state index in [1.165, 1.54) is 6.07 Å². The van der Waals surface area contributed by atoms with E-state index >= 15 is 0 Å². The molecule has 1 fully saturated rings. The van der Waals surface area contributed by atoms with Crippen molar-refractivity contribution in [3.8, 4) is 0 Å². The first-order chi connectivity index (χ1) is 9.96. The second kappa shape index (κ2) is 6.71. The van der Waals surface area contributed by atoms with Crippen LogP contribution in [0.3, 0.4) is 0 Å². The van der Waals surface area contributed by atoms with Gasteiger partial charge in [0.1, 0.15) is 0 Å². The number of carbonyl (C=O) groups excluding carboxylic acids is 1. The summed E-state index contributed by atoms with van der Waals surface area (Å²) >= 11 is 0. The van der Waals surface area contributed by atoms with Crippen molar-refractivity contribution in [2.45, 2.75) is 56.9 Å². The fourth-order valence-corrected chi connectivity index (χ4v) is 4.52. The number of ketones is 1. The molecular weight excluding hydrogens is 286 g/mol. The van der Waals surface area contributed by atoms with E-state index in [1.807, 2.05) is 6.92 Å².